The number of tetrazole rings is 1. The van der Waals surface area contributed by atoms with Gasteiger partial charge in [-0.15, -0.1) is 9.94 Å². The molecule has 1 N–H and O–H groups in total. The first-order chi connectivity index (χ1) is 11.8. The van der Waals surface area contributed by atoms with E-state index in [-0.39, 0.29) is 17.0 Å². The Morgan fingerprint density at radius 3 is 2.56 bits per heavy atom. The highest BCUT2D eigenvalue weighted by Gasteiger charge is 2.35. The minimum atomic E-state index is -4.60. The molecule has 0 aliphatic heterocycles. The van der Waals surface area contributed by atoms with Crippen molar-refractivity contribution < 1.29 is 18.4 Å². The molecule has 8 nitrogen and oxygen atoms in total. The smallest absolute Gasteiger partial charge is 0.412 e. The van der Waals surface area contributed by atoms with Crippen LogP contribution in [0.3, 0.4) is 0 Å². The lowest BCUT2D eigenvalue weighted by molar-refractivity contribution is -0.138. The fourth-order valence-electron chi connectivity index (χ4n) is 2.18. The van der Waals surface area contributed by atoms with E-state index in [1.54, 1.807) is 0 Å². The topological polar surface area (TPSA) is 90.8 Å². The van der Waals surface area contributed by atoms with E-state index in [4.69, 9.17) is 5.21 Å². The van der Waals surface area contributed by atoms with Gasteiger partial charge >= 0.3 is 11.9 Å². The van der Waals surface area contributed by atoms with E-state index in [9.17, 15) is 18.0 Å². The molecule has 0 unspecified atom stereocenters. The van der Waals surface area contributed by atoms with E-state index in [1.807, 2.05) is 0 Å². The molecule has 0 aliphatic carbocycles. The third kappa shape index (κ3) is 3.38. The number of hydrogen-bond donors (Lipinski definition) is 1. The molecule has 0 fully saturated rings. The summed E-state index contributed by atoms with van der Waals surface area (Å²) >= 11 is 0.984. The van der Waals surface area contributed by atoms with E-state index >= 15 is 0 Å². The van der Waals surface area contributed by atoms with Crippen LogP contribution in [0.5, 0.6) is 0 Å². The van der Waals surface area contributed by atoms with Crippen molar-refractivity contribution in [2.24, 2.45) is 7.05 Å². The summed E-state index contributed by atoms with van der Waals surface area (Å²) in [6, 6.07) is 4.96. The molecule has 0 radical (unpaired) electrons. The van der Waals surface area contributed by atoms with E-state index < -0.39 is 17.4 Å². The minimum Gasteiger partial charge on any atom is -0.412 e. The average Bonchev–Trinajstić information content (AvgIpc) is 3.11. The number of benzene rings is 1. The van der Waals surface area contributed by atoms with E-state index in [1.165, 1.54) is 31.4 Å². The lowest BCUT2D eigenvalue weighted by Crippen LogP contribution is -2.23. The number of nitrogens with zero attached hydrogens (tertiary/aromatic N) is 6. The van der Waals surface area contributed by atoms with Crippen LogP contribution in [0.4, 0.5) is 13.2 Å². The molecular weight excluding hydrogens is 361 g/mol. The number of thioether (sulfide) groups is 1. The van der Waals surface area contributed by atoms with Gasteiger partial charge in [-0.2, -0.15) is 22.5 Å². The van der Waals surface area contributed by atoms with Crippen molar-refractivity contribution >= 4 is 11.8 Å². The monoisotopic (exact) mass is 372 g/mol. The highest BCUT2D eigenvalue weighted by Crippen LogP contribution is 2.36. The minimum absolute atomic E-state index is 0.0103. The molecule has 0 bridgehead atoms. The van der Waals surface area contributed by atoms with Crippen LogP contribution in [-0.4, -0.2) is 34.9 Å². The van der Waals surface area contributed by atoms with Gasteiger partial charge in [0.15, 0.2) is 0 Å². The van der Waals surface area contributed by atoms with Crippen LogP contribution in [0.15, 0.2) is 40.3 Å². The predicted molar refractivity (Wildman–Crippen MR) is 80.6 cm³/mol. The van der Waals surface area contributed by atoms with Crippen LogP contribution in [0, 0.1) is 0 Å². The molecule has 3 rings (SSSR count). The van der Waals surface area contributed by atoms with Gasteiger partial charge in [-0.3, -0.25) is 0 Å². The van der Waals surface area contributed by atoms with Crippen LogP contribution < -0.4 is 5.69 Å². The number of alkyl halides is 3. The molecule has 0 saturated carbocycles. The first kappa shape index (κ1) is 17.1. The summed E-state index contributed by atoms with van der Waals surface area (Å²) in [5, 5.41) is 20.3. The van der Waals surface area contributed by atoms with Crippen LogP contribution in [-0.2, 0) is 19.0 Å². The van der Waals surface area contributed by atoms with Gasteiger partial charge in [0.25, 0.3) is 0 Å². The van der Waals surface area contributed by atoms with Gasteiger partial charge in [-0.25, -0.2) is 4.79 Å². The summed E-state index contributed by atoms with van der Waals surface area (Å²) in [4.78, 5) is 12.6. The number of aromatic nitrogens is 6. The lowest BCUT2D eigenvalue weighted by atomic mass is 10.1. The second-order valence-corrected chi connectivity index (χ2v) is 5.96. The Balaban J connectivity index is 2.08. The zero-order valence-electron chi connectivity index (χ0n) is 12.7. The van der Waals surface area contributed by atoms with Crippen LogP contribution in [0.25, 0.3) is 5.69 Å². The average molecular weight is 372 g/mol. The van der Waals surface area contributed by atoms with E-state index in [2.05, 4.69) is 15.5 Å². The Morgan fingerprint density at radius 1 is 1.24 bits per heavy atom. The Hall–Kier alpha value is -2.76. The molecule has 2 heterocycles. The maximum atomic E-state index is 13.4. The Morgan fingerprint density at radius 2 is 2.00 bits per heavy atom. The summed E-state index contributed by atoms with van der Waals surface area (Å²) < 4.78 is 41.9. The van der Waals surface area contributed by atoms with Crippen molar-refractivity contribution in [1.82, 2.24) is 29.7 Å². The van der Waals surface area contributed by atoms with Gasteiger partial charge in [-0.05, 0) is 28.6 Å². The predicted octanol–water partition coefficient (Wildman–Crippen LogP) is 1.71. The number of aryl methyl sites for hydroxylation is 1. The van der Waals surface area contributed by atoms with Crippen LogP contribution >= 0.6 is 11.8 Å². The number of rotatable bonds is 4. The van der Waals surface area contributed by atoms with Gasteiger partial charge in [0.2, 0.25) is 0 Å². The first-order valence-corrected chi connectivity index (χ1v) is 7.82. The SMILES string of the molecule is Cn1nnn(-c2cccc(C(F)(F)F)c2CSc2ccn(O)n2)c1=O. The van der Waals surface area contributed by atoms with Gasteiger partial charge in [0, 0.05) is 18.4 Å². The normalized spacial score (nSPS) is 11.8. The molecule has 0 saturated heterocycles. The fraction of sp³-hybridized carbons (Fsp3) is 0.231. The van der Waals surface area contributed by atoms with Crippen LogP contribution in [0.1, 0.15) is 11.1 Å². The molecular formula is C13H11F3N6O2S. The molecule has 132 valence electrons. The van der Waals surface area contributed by atoms with Crippen molar-refractivity contribution in [3.8, 4) is 5.69 Å². The molecule has 25 heavy (non-hydrogen) atoms. The molecule has 0 amide bonds. The molecule has 2 aromatic heterocycles. The molecule has 0 aliphatic rings. The summed E-state index contributed by atoms with van der Waals surface area (Å²) in [5.41, 5.74) is -1.68. The van der Waals surface area contributed by atoms with E-state index in [0.29, 0.717) is 9.87 Å². The van der Waals surface area contributed by atoms with Crippen molar-refractivity contribution in [2.75, 3.05) is 0 Å². The molecule has 3 aromatic rings. The van der Waals surface area contributed by atoms with Crippen LogP contribution in [0.2, 0.25) is 0 Å². The Kier molecular flexibility index (Phi) is 4.29. The van der Waals surface area contributed by atoms with Crippen molar-refractivity contribution in [2.45, 2.75) is 17.0 Å². The molecule has 1 aromatic carbocycles. The Bertz CT molecular complexity index is 961. The third-order valence-electron chi connectivity index (χ3n) is 3.32. The molecule has 0 spiro atoms. The van der Waals surface area contributed by atoms with E-state index in [0.717, 1.165) is 27.2 Å². The third-order valence-corrected chi connectivity index (χ3v) is 4.27. The highest BCUT2D eigenvalue weighted by atomic mass is 32.2. The standard InChI is InChI=1S/C13H11F3N6O2S/c1-20-12(23)22(19-18-20)10-4-2-3-9(13(14,15)16)8(10)7-25-11-5-6-21(24)17-11/h2-6,24H,7H2,1H3. The summed E-state index contributed by atoms with van der Waals surface area (Å²) in [5.74, 6) is -0.134. The van der Waals surface area contributed by atoms with Crippen molar-refractivity contribution in [3.05, 3.63) is 52.1 Å². The largest absolute Gasteiger partial charge is 0.416 e. The second kappa shape index (κ2) is 6.27. The fourth-order valence-corrected chi connectivity index (χ4v) is 3.07. The van der Waals surface area contributed by atoms with Gasteiger partial charge < -0.3 is 5.21 Å². The maximum absolute atomic E-state index is 13.4. The maximum Gasteiger partial charge on any atom is 0.416 e. The number of halogens is 3. The van der Waals surface area contributed by atoms with Gasteiger partial charge in [0.1, 0.15) is 5.03 Å². The molecule has 12 heteroatoms. The van der Waals surface area contributed by atoms with Crippen molar-refractivity contribution in [1.29, 1.82) is 0 Å². The summed E-state index contributed by atoms with van der Waals surface area (Å²) in [7, 11) is 1.35. The quantitative estimate of drug-likeness (QED) is 0.554. The highest BCUT2D eigenvalue weighted by molar-refractivity contribution is 7.98. The first-order valence-electron chi connectivity index (χ1n) is 6.83. The van der Waals surface area contributed by atoms with Gasteiger partial charge in [0.05, 0.1) is 17.4 Å². The summed E-state index contributed by atoms with van der Waals surface area (Å²) in [6.45, 7) is 0. The second-order valence-electron chi connectivity index (χ2n) is 4.96. The number of hydrogen-bond acceptors (Lipinski definition) is 6. The summed E-state index contributed by atoms with van der Waals surface area (Å²) in [6.07, 6.45) is -3.35. The lowest BCUT2D eigenvalue weighted by Gasteiger charge is -2.15. The zero-order valence-corrected chi connectivity index (χ0v) is 13.5. The zero-order chi connectivity index (χ0) is 18.2. The van der Waals surface area contributed by atoms with Crippen molar-refractivity contribution in [3.63, 3.8) is 0 Å². The Labute approximate surface area is 142 Å². The molecule has 0 atom stereocenters. The van der Waals surface area contributed by atoms with Gasteiger partial charge in [-0.1, -0.05) is 17.8 Å².